The fraction of sp³-hybridized carbons (Fsp3) is 0.385. The third-order valence-electron chi connectivity index (χ3n) is 3.00. The van der Waals surface area contributed by atoms with Crippen molar-refractivity contribution in [3.05, 3.63) is 28.8 Å². The summed E-state index contributed by atoms with van der Waals surface area (Å²) < 4.78 is 5.19. The van der Waals surface area contributed by atoms with E-state index in [9.17, 15) is 9.59 Å². The maximum atomic E-state index is 12.0. The molecule has 0 unspecified atom stereocenters. The molecule has 5 nitrogen and oxygen atoms in total. The van der Waals surface area contributed by atoms with Crippen LogP contribution in [0.2, 0.25) is 5.02 Å². The predicted molar refractivity (Wildman–Crippen MR) is 70.6 cm³/mol. The molecule has 2 N–H and O–H groups in total. The highest BCUT2D eigenvalue weighted by atomic mass is 35.5. The Morgan fingerprint density at radius 3 is 2.58 bits per heavy atom. The first-order valence-corrected chi connectivity index (χ1v) is 6.36. The Morgan fingerprint density at radius 2 is 1.95 bits per heavy atom. The standard InChI is InChI=1S/C13H14ClNO4/c14-10-5-9(13(17)18)6-11(7-10)15-12(16)8-1-3-19-4-2-8/h5-8H,1-4H2,(H,15,16)(H,17,18). The van der Waals surface area contributed by atoms with Crippen LogP contribution in [0, 0.1) is 5.92 Å². The van der Waals surface area contributed by atoms with Crippen LogP contribution in [0.25, 0.3) is 0 Å². The van der Waals surface area contributed by atoms with Crippen LogP contribution in [0.1, 0.15) is 23.2 Å². The molecule has 0 saturated carbocycles. The van der Waals surface area contributed by atoms with Crippen LogP contribution in [-0.2, 0) is 9.53 Å². The second kappa shape index (κ2) is 6.04. The lowest BCUT2D eigenvalue weighted by atomic mass is 9.99. The van der Waals surface area contributed by atoms with Crippen LogP contribution in [0.4, 0.5) is 5.69 Å². The lowest BCUT2D eigenvalue weighted by Crippen LogP contribution is -2.28. The highest BCUT2D eigenvalue weighted by molar-refractivity contribution is 6.31. The Balaban J connectivity index is 2.09. The number of carbonyl (C=O) groups is 2. The minimum absolute atomic E-state index is 0.0507. The zero-order chi connectivity index (χ0) is 13.8. The Bertz CT molecular complexity index is 497. The number of ether oxygens (including phenoxy) is 1. The molecule has 1 aromatic rings. The van der Waals surface area contributed by atoms with Gasteiger partial charge in [0.15, 0.2) is 0 Å². The number of amides is 1. The number of nitrogens with one attached hydrogen (secondary N) is 1. The zero-order valence-corrected chi connectivity index (χ0v) is 10.9. The van der Waals surface area contributed by atoms with Crippen molar-refractivity contribution in [2.45, 2.75) is 12.8 Å². The number of anilines is 1. The summed E-state index contributed by atoms with van der Waals surface area (Å²) in [4.78, 5) is 22.9. The van der Waals surface area contributed by atoms with Crippen LogP contribution in [0.5, 0.6) is 0 Å². The third-order valence-corrected chi connectivity index (χ3v) is 3.22. The molecule has 1 heterocycles. The van der Waals surface area contributed by atoms with Crippen LogP contribution >= 0.6 is 11.6 Å². The highest BCUT2D eigenvalue weighted by Crippen LogP contribution is 2.22. The molecule has 1 aliphatic rings. The van der Waals surface area contributed by atoms with E-state index < -0.39 is 5.97 Å². The van der Waals surface area contributed by atoms with E-state index in [4.69, 9.17) is 21.4 Å². The molecule has 0 aliphatic carbocycles. The smallest absolute Gasteiger partial charge is 0.335 e. The average molecular weight is 284 g/mol. The Kier molecular flexibility index (Phi) is 4.39. The molecule has 0 spiro atoms. The minimum atomic E-state index is -1.08. The number of halogens is 1. The zero-order valence-electron chi connectivity index (χ0n) is 10.2. The molecule has 1 amide bonds. The van der Waals surface area contributed by atoms with Gasteiger partial charge in [-0.1, -0.05) is 11.6 Å². The van der Waals surface area contributed by atoms with Gasteiger partial charge >= 0.3 is 5.97 Å². The minimum Gasteiger partial charge on any atom is -0.478 e. The second-order valence-electron chi connectivity index (χ2n) is 4.41. The van der Waals surface area contributed by atoms with Gasteiger partial charge in [-0.2, -0.15) is 0 Å². The van der Waals surface area contributed by atoms with Gasteiger partial charge in [0.05, 0.1) is 5.56 Å². The van der Waals surface area contributed by atoms with Gasteiger partial charge in [-0.15, -0.1) is 0 Å². The number of hydrogen-bond donors (Lipinski definition) is 2. The molecule has 1 saturated heterocycles. The summed E-state index contributed by atoms with van der Waals surface area (Å²) in [6.07, 6.45) is 1.36. The second-order valence-corrected chi connectivity index (χ2v) is 4.85. The SMILES string of the molecule is O=C(O)c1cc(Cl)cc(NC(=O)C2CCOCC2)c1. The first kappa shape index (κ1) is 13.8. The quantitative estimate of drug-likeness (QED) is 0.893. The maximum absolute atomic E-state index is 12.0. The van der Waals surface area contributed by atoms with E-state index in [-0.39, 0.29) is 22.4 Å². The summed E-state index contributed by atoms with van der Waals surface area (Å²) in [6, 6.07) is 4.27. The largest absolute Gasteiger partial charge is 0.478 e. The average Bonchev–Trinajstić information content (AvgIpc) is 2.39. The van der Waals surface area contributed by atoms with Gasteiger partial charge in [0.25, 0.3) is 0 Å². The summed E-state index contributed by atoms with van der Waals surface area (Å²) in [5.74, 6) is -1.30. The van der Waals surface area contributed by atoms with Gasteiger partial charge in [0.1, 0.15) is 0 Å². The number of rotatable bonds is 3. The van der Waals surface area contributed by atoms with Gasteiger partial charge in [0, 0.05) is 29.8 Å². The lowest BCUT2D eigenvalue weighted by Gasteiger charge is -2.21. The van der Waals surface area contributed by atoms with Gasteiger partial charge in [-0.25, -0.2) is 4.79 Å². The van der Waals surface area contributed by atoms with Crippen molar-refractivity contribution in [2.24, 2.45) is 5.92 Å². The maximum Gasteiger partial charge on any atom is 0.335 e. The molecular formula is C13H14ClNO4. The Hall–Kier alpha value is -1.59. The first-order chi connectivity index (χ1) is 9.06. The topological polar surface area (TPSA) is 75.6 Å². The number of aromatic carboxylic acids is 1. The first-order valence-electron chi connectivity index (χ1n) is 5.99. The summed E-state index contributed by atoms with van der Waals surface area (Å²) in [7, 11) is 0. The predicted octanol–water partition coefficient (Wildman–Crippen LogP) is 2.40. The van der Waals surface area contributed by atoms with E-state index in [0.29, 0.717) is 31.7 Å². The molecule has 1 aliphatic heterocycles. The van der Waals surface area contributed by atoms with Crippen molar-refractivity contribution in [3.8, 4) is 0 Å². The van der Waals surface area contributed by atoms with Crippen molar-refractivity contribution >= 4 is 29.2 Å². The molecule has 19 heavy (non-hydrogen) atoms. The van der Waals surface area contributed by atoms with Crippen molar-refractivity contribution in [3.63, 3.8) is 0 Å². The van der Waals surface area contributed by atoms with Crippen LogP contribution in [0.3, 0.4) is 0 Å². The Labute approximate surface area is 115 Å². The normalized spacial score (nSPS) is 16.1. The number of benzene rings is 1. The molecule has 0 bridgehead atoms. The number of carboxylic acids is 1. The fourth-order valence-electron chi connectivity index (χ4n) is 1.99. The lowest BCUT2D eigenvalue weighted by molar-refractivity contribution is -0.122. The van der Waals surface area contributed by atoms with Gasteiger partial charge in [0.2, 0.25) is 5.91 Å². The number of hydrogen-bond acceptors (Lipinski definition) is 3. The molecule has 0 atom stereocenters. The van der Waals surface area contributed by atoms with Crippen LogP contribution in [0.15, 0.2) is 18.2 Å². The molecular weight excluding hydrogens is 270 g/mol. The highest BCUT2D eigenvalue weighted by Gasteiger charge is 2.21. The van der Waals surface area contributed by atoms with Gasteiger partial charge < -0.3 is 15.2 Å². The van der Waals surface area contributed by atoms with E-state index in [2.05, 4.69) is 5.32 Å². The van der Waals surface area contributed by atoms with E-state index in [1.165, 1.54) is 18.2 Å². The number of carbonyl (C=O) groups excluding carboxylic acids is 1. The molecule has 2 rings (SSSR count). The molecule has 6 heteroatoms. The van der Waals surface area contributed by atoms with Gasteiger partial charge in [-0.05, 0) is 31.0 Å². The van der Waals surface area contributed by atoms with E-state index in [1.807, 2.05) is 0 Å². The van der Waals surface area contributed by atoms with Crippen LogP contribution in [-0.4, -0.2) is 30.2 Å². The van der Waals surface area contributed by atoms with E-state index >= 15 is 0 Å². The summed E-state index contributed by atoms with van der Waals surface area (Å²) in [5, 5.41) is 11.9. The fourth-order valence-corrected chi connectivity index (χ4v) is 2.22. The summed E-state index contributed by atoms with van der Waals surface area (Å²) in [5.41, 5.74) is 0.455. The Morgan fingerprint density at radius 1 is 1.26 bits per heavy atom. The van der Waals surface area contributed by atoms with E-state index in [1.54, 1.807) is 0 Å². The molecule has 1 aromatic carbocycles. The van der Waals surface area contributed by atoms with Gasteiger partial charge in [-0.3, -0.25) is 4.79 Å². The van der Waals surface area contributed by atoms with Crippen LogP contribution < -0.4 is 5.32 Å². The molecule has 0 aromatic heterocycles. The third kappa shape index (κ3) is 3.68. The molecule has 0 radical (unpaired) electrons. The van der Waals surface area contributed by atoms with Crippen molar-refractivity contribution in [2.75, 3.05) is 18.5 Å². The summed E-state index contributed by atoms with van der Waals surface area (Å²) in [6.45, 7) is 1.15. The summed E-state index contributed by atoms with van der Waals surface area (Å²) >= 11 is 5.83. The molecule has 102 valence electrons. The van der Waals surface area contributed by atoms with Crippen molar-refractivity contribution < 1.29 is 19.4 Å². The molecule has 1 fully saturated rings. The van der Waals surface area contributed by atoms with E-state index in [0.717, 1.165) is 0 Å². The number of carboxylic acid groups (broad SMARTS) is 1. The van der Waals surface area contributed by atoms with Crippen molar-refractivity contribution in [1.82, 2.24) is 0 Å². The monoisotopic (exact) mass is 283 g/mol. The van der Waals surface area contributed by atoms with Crippen molar-refractivity contribution in [1.29, 1.82) is 0 Å².